The monoisotopic (exact) mass is 381 g/mol. The standard InChI is InChI=1S/C17H17BrClNO2/c1-17(2,3)22-16(21)20(13-7-5-4-6-8-13)15-10-9-12(19)11-14(15)18/h4-11H,1-3H3. The molecule has 0 saturated heterocycles. The van der Waals surface area contributed by atoms with Crippen molar-refractivity contribution in [1.29, 1.82) is 0 Å². The first kappa shape index (κ1) is 16.8. The number of nitrogens with zero attached hydrogens (tertiary/aromatic N) is 1. The van der Waals surface area contributed by atoms with Crippen LogP contribution in [0.3, 0.4) is 0 Å². The first-order chi connectivity index (χ1) is 10.3. The molecular formula is C17H17BrClNO2. The van der Waals surface area contributed by atoms with Crippen molar-refractivity contribution in [2.75, 3.05) is 4.90 Å². The van der Waals surface area contributed by atoms with Crippen molar-refractivity contribution in [2.45, 2.75) is 26.4 Å². The molecule has 0 aliphatic rings. The highest BCUT2D eigenvalue weighted by Gasteiger charge is 2.26. The lowest BCUT2D eigenvalue weighted by Gasteiger charge is -2.28. The van der Waals surface area contributed by atoms with Gasteiger partial charge in [0.15, 0.2) is 0 Å². The molecular weight excluding hydrogens is 366 g/mol. The van der Waals surface area contributed by atoms with Gasteiger partial charge in [-0.1, -0.05) is 29.8 Å². The molecule has 22 heavy (non-hydrogen) atoms. The highest BCUT2D eigenvalue weighted by atomic mass is 79.9. The van der Waals surface area contributed by atoms with E-state index in [9.17, 15) is 4.79 Å². The number of anilines is 2. The van der Waals surface area contributed by atoms with Gasteiger partial charge in [0.25, 0.3) is 0 Å². The molecule has 2 aromatic carbocycles. The molecule has 0 aliphatic heterocycles. The van der Waals surface area contributed by atoms with Crippen LogP contribution in [0.5, 0.6) is 0 Å². The fourth-order valence-corrected chi connectivity index (χ4v) is 2.75. The third-order valence-electron chi connectivity index (χ3n) is 2.74. The summed E-state index contributed by atoms with van der Waals surface area (Å²) in [6.45, 7) is 5.51. The van der Waals surface area contributed by atoms with Gasteiger partial charge in [0.05, 0.1) is 11.4 Å². The first-order valence-corrected chi connectivity index (χ1v) is 7.98. The SMILES string of the molecule is CC(C)(C)OC(=O)N(c1ccccc1)c1ccc(Cl)cc1Br. The third-order valence-corrected chi connectivity index (χ3v) is 3.61. The number of carbonyl (C=O) groups is 1. The lowest BCUT2D eigenvalue weighted by Crippen LogP contribution is -2.34. The Bertz CT molecular complexity index is 668. The molecule has 0 N–H and O–H groups in total. The lowest BCUT2D eigenvalue weighted by molar-refractivity contribution is 0.0599. The molecule has 3 nitrogen and oxygen atoms in total. The van der Waals surface area contributed by atoms with E-state index in [0.717, 1.165) is 10.2 Å². The average Bonchev–Trinajstić information content (AvgIpc) is 2.41. The number of rotatable bonds is 2. The van der Waals surface area contributed by atoms with E-state index in [-0.39, 0.29) is 0 Å². The lowest BCUT2D eigenvalue weighted by atomic mass is 10.2. The number of hydrogen-bond acceptors (Lipinski definition) is 2. The topological polar surface area (TPSA) is 29.5 Å². The number of ether oxygens (including phenoxy) is 1. The van der Waals surface area contributed by atoms with E-state index in [2.05, 4.69) is 15.9 Å². The van der Waals surface area contributed by atoms with E-state index in [1.165, 1.54) is 4.90 Å². The molecule has 0 spiro atoms. The fourth-order valence-electron chi connectivity index (χ4n) is 1.89. The van der Waals surface area contributed by atoms with Crippen molar-refractivity contribution in [2.24, 2.45) is 0 Å². The van der Waals surface area contributed by atoms with Crippen LogP contribution in [0.1, 0.15) is 20.8 Å². The summed E-state index contributed by atoms with van der Waals surface area (Å²) < 4.78 is 6.24. The molecule has 0 aliphatic carbocycles. The Morgan fingerprint density at radius 1 is 1.14 bits per heavy atom. The fraction of sp³-hybridized carbons (Fsp3) is 0.235. The van der Waals surface area contributed by atoms with Crippen molar-refractivity contribution in [3.63, 3.8) is 0 Å². The van der Waals surface area contributed by atoms with Crippen molar-refractivity contribution >= 4 is 45.0 Å². The summed E-state index contributed by atoms with van der Waals surface area (Å²) >= 11 is 9.45. The molecule has 0 saturated carbocycles. The van der Waals surface area contributed by atoms with Crippen molar-refractivity contribution in [3.05, 3.63) is 58.0 Å². The second-order valence-corrected chi connectivity index (χ2v) is 7.04. The summed E-state index contributed by atoms with van der Waals surface area (Å²) in [4.78, 5) is 14.2. The number of para-hydroxylation sites is 1. The molecule has 116 valence electrons. The smallest absolute Gasteiger partial charge is 0.419 e. The van der Waals surface area contributed by atoms with Gasteiger partial charge in [-0.2, -0.15) is 0 Å². The minimum atomic E-state index is -0.580. The Labute approximate surface area is 144 Å². The van der Waals surface area contributed by atoms with Crippen LogP contribution >= 0.6 is 27.5 Å². The molecule has 0 atom stereocenters. The van der Waals surface area contributed by atoms with Gasteiger partial charge in [0, 0.05) is 9.50 Å². The van der Waals surface area contributed by atoms with Crippen molar-refractivity contribution in [1.82, 2.24) is 0 Å². The quantitative estimate of drug-likeness (QED) is 0.621. The summed E-state index contributed by atoms with van der Waals surface area (Å²) in [5, 5.41) is 0.591. The largest absolute Gasteiger partial charge is 0.443 e. The number of benzene rings is 2. The van der Waals surface area contributed by atoms with E-state index in [0.29, 0.717) is 10.7 Å². The van der Waals surface area contributed by atoms with E-state index < -0.39 is 11.7 Å². The minimum Gasteiger partial charge on any atom is -0.443 e. The van der Waals surface area contributed by atoms with Crippen LogP contribution in [-0.4, -0.2) is 11.7 Å². The Morgan fingerprint density at radius 3 is 2.32 bits per heavy atom. The van der Waals surface area contributed by atoms with Crippen molar-refractivity contribution < 1.29 is 9.53 Å². The van der Waals surface area contributed by atoms with E-state index in [4.69, 9.17) is 16.3 Å². The summed E-state index contributed by atoms with van der Waals surface area (Å²) in [5.74, 6) is 0. The molecule has 0 aromatic heterocycles. The second kappa shape index (κ2) is 6.71. The van der Waals surface area contributed by atoms with E-state index in [1.807, 2.05) is 51.1 Å². The Kier molecular flexibility index (Phi) is 5.14. The molecule has 0 heterocycles. The predicted molar refractivity (Wildman–Crippen MR) is 94.0 cm³/mol. The number of halogens is 2. The van der Waals surface area contributed by atoms with Gasteiger partial charge in [-0.15, -0.1) is 0 Å². The normalized spacial score (nSPS) is 11.1. The van der Waals surface area contributed by atoms with Crippen LogP contribution < -0.4 is 4.90 Å². The number of carbonyl (C=O) groups excluding carboxylic acids is 1. The highest BCUT2D eigenvalue weighted by Crippen LogP contribution is 2.35. The summed E-state index contributed by atoms with van der Waals surface area (Å²) in [7, 11) is 0. The van der Waals surface area contributed by atoms with Gasteiger partial charge in [-0.25, -0.2) is 9.69 Å². The average molecular weight is 383 g/mol. The second-order valence-electron chi connectivity index (χ2n) is 5.75. The number of hydrogen-bond donors (Lipinski definition) is 0. The zero-order chi connectivity index (χ0) is 16.3. The molecule has 0 bridgehead atoms. The molecule has 0 fully saturated rings. The maximum Gasteiger partial charge on any atom is 0.419 e. The van der Waals surface area contributed by atoms with Crippen LogP contribution in [0.15, 0.2) is 53.0 Å². The van der Waals surface area contributed by atoms with Gasteiger partial charge in [-0.05, 0) is 67.0 Å². The van der Waals surface area contributed by atoms with Gasteiger partial charge >= 0.3 is 6.09 Å². The summed E-state index contributed by atoms with van der Waals surface area (Å²) in [5.41, 5.74) is 0.813. The molecule has 2 aromatic rings. The first-order valence-electron chi connectivity index (χ1n) is 6.81. The highest BCUT2D eigenvalue weighted by molar-refractivity contribution is 9.10. The molecule has 5 heteroatoms. The maximum atomic E-state index is 12.6. The van der Waals surface area contributed by atoms with Gasteiger partial charge in [0.2, 0.25) is 0 Å². The third kappa shape index (κ3) is 4.24. The summed E-state index contributed by atoms with van der Waals surface area (Å²) in [6.07, 6.45) is -0.443. The molecule has 0 radical (unpaired) electrons. The molecule has 0 unspecified atom stereocenters. The van der Waals surface area contributed by atoms with Crippen LogP contribution in [0.2, 0.25) is 5.02 Å². The Balaban J connectivity index is 2.48. The van der Waals surface area contributed by atoms with Crippen LogP contribution in [-0.2, 0) is 4.74 Å². The minimum absolute atomic E-state index is 0.443. The van der Waals surface area contributed by atoms with Gasteiger partial charge in [-0.3, -0.25) is 0 Å². The number of amides is 1. The van der Waals surface area contributed by atoms with E-state index in [1.54, 1.807) is 18.2 Å². The molecule has 1 amide bonds. The predicted octanol–water partition coefficient (Wildman–Crippen LogP) is 6.18. The van der Waals surface area contributed by atoms with Crippen LogP contribution in [0, 0.1) is 0 Å². The maximum absolute atomic E-state index is 12.6. The van der Waals surface area contributed by atoms with Gasteiger partial charge in [0.1, 0.15) is 5.60 Å². The van der Waals surface area contributed by atoms with Crippen LogP contribution in [0.4, 0.5) is 16.2 Å². The van der Waals surface area contributed by atoms with Gasteiger partial charge < -0.3 is 4.74 Å². The van der Waals surface area contributed by atoms with E-state index >= 15 is 0 Å². The van der Waals surface area contributed by atoms with Crippen molar-refractivity contribution in [3.8, 4) is 0 Å². The summed E-state index contributed by atoms with van der Waals surface area (Å²) in [6, 6.07) is 14.6. The zero-order valence-electron chi connectivity index (χ0n) is 12.6. The van der Waals surface area contributed by atoms with Crippen LogP contribution in [0.25, 0.3) is 0 Å². The zero-order valence-corrected chi connectivity index (χ0v) is 15.0. The Hall–Kier alpha value is -1.52. The molecule has 2 rings (SSSR count). The Morgan fingerprint density at radius 2 is 1.77 bits per heavy atom.